The molecule has 1 aromatic carbocycles. The van der Waals surface area contributed by atoms with E-state index in [1.54, 1.807) is 0 Å². The highest BCUT2D eigenvalue weighted by molar-refractivity contribution is 5.97. The molecule has 2 amide bonds. The third kappa shape index (κ3) is 4.03. The monoisotopic (exact) mass is 475 g/mol. The summed E-state index contributed by atoms with van der Waals surface area (Å²) < 4.78 is 74.2. The lowest BCUT2D eigenvalue weighted by Crippen LogP contribution is -2.47. The first kappa shape index (κ1) is 24.2. The van der Waals surface area contributed by atoms with Gasteiger partial charge in [-0.2, -0.15) is 22.3 Å². The fraction of sp³-hybridized carbons (Fsp3) is 0.350. The lowest BCUT2D eigenvalue weighted by Gasteiger charge is -2.31. The van der Waals surface area contributed by atoms with Gasteiger partial charge in [-0.05, 0) is 13.0 Å². The highest BCUT2D eigenvalue weighted by atomic mass is 19.4. The zero-order valence-electron chi connectivity index (χ0n) is 17.1. The maximum Gasteiger partial charge on any atom is 0.417 e. The van der Waals surface area contributed by atoms with Gasteiger partial charge in [0.05, 0.1) is 5.69 Å². The molecule has 0 bridgehead atoms. The second kappa shape index (κ2) is 8.14. The summed E-state index contributed by atoms with van der Waals surface area (Å²) in [5.41, 5.74) is 1.00. The Hall–Kier alpha value is -3.48. The molecule has 0 radical (unpaired) electrons. The number of aromatic hydroxyl groups is 1. The number of carbonyl (C=O) groups is 2. The number of anilines is 1. The molecule has 3 rings (SSSR count). The van der Waals surface area contributed by atoms with E-state index >= 15 is 0 Å². The summed E-state index contributed by atoms with van der Waals surface area (Å²) in [6.45, 7) is 1.79. The molecule has 0 unspecified atom stereocenters. The van der Waals surface area contributed by atoms with Crippen molar-refractivity contribution in [2.24, 2.45) is 11.7 Å². The summed E-state index contributed by atoms with van der Waals surface area (Å²) in [6, 6.07) is 3.44. The molecule has 2 heterocycles. The van der Waals surface area contributed by atoms with E-state index in [0.717, 1.165) is 31.3 Å². The number of phenols is 1. The number of aromatic nitrogens is 1. The number of halogens is 5. The fourth-order valence-electron chi connectivity index (χ4n) is 3.81. The summed E-state index contributed by atoms with van der Waals surface area (Å²) in [5, 5.41) is 23.9. The van der Waals surface area contributed by atoms with Gasteiger partial charge in [0, 0.05) is 29.5 Å². The number of pyridine rings is 1. The van der Waals surface area contributed by atoms with Crippen molar-refractivity contribution in [1.82, 2.24) is 0 Å². The maximum atomic E-state index is 14.0. The lowest BCUT2D eigenvalue weighted by molar-refractivity contribution is -0.607. The van der Waals surface area contributed by atoms with E-state index in [1.165, 1.54) is 0 Å². The Morgan fingerprint density at radius 1 is 1.27 bits per heavy atom. The predicted octanol–water partition coefficient (Wildman–Crippen LogP) is 2.48. The highest BCUT2D eigenvalue weighted by Gasteiger charge is 2.65. The first-order valence-electron chi connectivity index (χ1n) is 9.44. The van der Waals surface area contributed by atoms with Crippen LogP contribution in [0.25, 0.3) is 0 Å². The molecule has 8 nitrogen and oxygen atoms in total. The van der Waals surface area contributed by atoms with Crippen LogP contribution in [0.15, 0.2) is 30.5 Å². The maximum absolute atomic E-state index is 14.0. The van der Waals surface area contributed by atoms with Gasteiger partial charge in [-0.3, -0.25) is 9.59 Å². The van der Waals surface area contributed by atoms with Crippen LogP contribution in [0.1, 0.15) is 35.8 Å². The third-order valence-corrected chi connectivity index (χ3v) is 5.83. The number of hydrogen-bond acceptors (Lipinski definition) is 5. The first-order chi connectivity index (χ1) is 15.2. The summed E-state index contributed by atoms with van der Waals surface area (Å²) in [5.74, 6) is -9.71. The second-order valence-electron chi connectivity index (χ2n) is 7.74. The van der Waals surface area contributed by atoms with E-state index < -0.39 is 70.2 Å². The van der Waals surface area contributed by atoms with Crippen LogP contribution in [0.3, 0.4) is 0 Å². The van der Waals surface area contributed by atoms with Gasteiger partial charge in [0.1, 0.15) is 6.10 Å². The average Bonchev–Trinajstić information content (AvgIpc) is 3.00. The Labute approximate surface area is 183 Å². The second-order valence-corrected chi connectivity index (χ2v) is 7.74. The Bertz CT molecular complexity index is 1130. The van der Waals surface area contributed by atoms with Gasteiger partial charge in [0.15, 0.2) is 23.4 Å². The highest BCUT2D eigenvalue weighted by Crippen LogP contribution is 2.54. The number of carbonyl (C=O) groups excluding carboxylic acids is 2. The summed E-state index contributed by atoms with van der Waals surface area (Å²) in [4.78, 5) is 24.3. The van der Waals surface area contributed by atoms with E-state index in [4.69, 9.17) is 10.5 Å². The molecule has 178 valence electrons. The van der Waals surface area contributed by atoms with Gasteiger partial charge < -0.3 is 26.1 Å². The van der Waals surface area contributed by atoms with Crippen LogP contribution in [-0.4, -0.2) is 34.8 Å². The summed E-state index contributed by atoms with van der Waals surface area (Å²) in [6.07, 6.45) is -6.04. The number of primary amides is 1. The first-order valence-corrected chi connectivity index (χ1v) is 9.44. The fourth-order valence-corrected chi connectivity index (χ4v) is 3.81. The molecule has 33 heavy (non-hydrogen) atoms. The van der Waals surface area contributed by atoms with Crippen LogP contribution in [0, 0.1) is 22.8 Å². The molecule has 0 saturated carbocycles. The molecule has 1 aromatic heterocycles. The number of amides is 2. The molecule has 1 aliphatic rings. The van der Waals surface area contributed by atoms with Crippen molar-refractivity contribution in [2.75, 3.05) is 5.32 Å². The van der Waals surface area contributed by atoms with Gasteiger partial charge >= 0.3 is 12.1 Å². The third-order valence-electron chi connectivity index (χ3n) is 5.83. The lowest BCUT2D eigenvalue weighted by atomic mass is 9.77. The number of nitrogens with one attached hydrogen (secondary N) is 1. The van der Waals surface area contributed by atoms with Crippen molar-refractivity contribution >= 4 is 17.5 Å². The SMILES string of the molecule is C[C@@H]1[C@H](c2ccc(F)c(F)c2O)[C@H](C(=O)Nc2cc[n+]([O-])c(C(N)=O)c2)O[C@]1(C)C(F)(F)F. The molecule has 2 aromatic rings. The number of rotatable bonds is 4. The Morgan fingerprint density at radius 2 is 1.91 bits per heavy atom. The molecule has 13 heteroatoms. The standard InChI is InChI=1S/C20H18F5N3O5/c1-8-13(10-3-4-11(21)14(22)15(10)29)16(33-19(8,2)20(23,24)25)18(31)27-9-5-6-28(32)12(7-9)17(26)30/h3-8,13,16,29H,1-2H3,(H2,26,30)(H,27,31)/t8-,13-,16-,19+/m1/s1. The van der Waals surface area contributed by atoms with Gasteiger partial charge in [0.25, 0.3) is 11.6 Å². The smallest absolute Gasteiger partial charge is 0.417 e. The van der Waals surface area contributed by atoms with E-state index in [0.29, 0.717) is 13.0 Å². The molecule has 0 aliphatic carbocycles. The van der Waals surface area contributed by atoms with Crippen molar-refractivity contribution in [3.8, 4) is 5.75 Å². The van der Waals surface area contributed by atoms with Gasteiger partial charge in [-0.25, -0.2) is 4.39 Å². The van der Waals surface area contributed by atoms with Crippen LogP contribution >= 0.6 is 0 Å². The summed E-state index contributed by atoms with van der Waals surface area (Å²) in [7, 11) is 0. The minimum atomic E-state index is -4.96. The number of nitrogens with zero attached hydrogens (tertiary/aromatic N) is 1. The number of alkyl halides is 3. The van der Waals surface area contributed by atoms with Gasteiger partial charge in [-0.1, -0.05) is 13.0 Å². The number of ether oxygens (including phenoxy) is 1. The van der Waals surface area contributed by atoms with E-state index in [2.05, 4.69) is 5.32 Å². The molecule has 0 spiro atoms. The Kier molecular flexibility index (Phi) is 5.96. The molecule has 1 saturated heterocycles. The van der Waals surface area contributed by atoms with Crippen LogP contribution in [-0.2, 0) is 9.53 Å². The van der Waals surface area contributed by atoms with Crippen molar-refractivity contribution < 1.29 is 46.1 Å². The van der Waals surface area contributed by atoms with Crippen molar-refractivity contribution in [1.29, 1.82) is 0 Å². The topological polar surface area (TPSA) is 129 Å². The number of nitrogens with two attached hydrogens (primary N) is 1. The Balaban J connectivity index is 2.05. The zero-order chi connectivity index (χ0) is 24.9. The Morgan fingerprint density at radius 3 is 2.48 bits per heavy atom. The van der Waals surface area contributed by atoms with Crippen LogP contribution < -0.4 is 15.8 Å². The zero-order valence-corrected chi connectivity index (χ0v) is 17.1. The van der Waals surface area contributed by atoms with Gasteiger partial charge in [0.2, 0.25) is 5.82 Å². The minimum absolute atomic E-state index is 0.120. The predicted molar refractivity (Wildman–Crippen MR) is 102 cm³/mol. The number of benzene rings is 1. The largest absolute Gasteiger partial charge is 0.618 e. The average molecular weight is 475 g/mol. The van der Waals surface area contributed by atoms with Crippen molar-refractivity contribution in [3.63, 3.8) is 0 Å². The summed E-state index contributed by atoms with van der Waals surface area (Å²) >= 11 is 0. The molecular weight excluding hydrogens is 457 g/mol. The van der Waals surface area contributed by atoms with E-state index in [1.807, 2.05) is 0 Å². The molecular formula is C20H18F5N3O5. The molecule has 4 N–H and O–H groups in total. The van der Waals surface area contributed by atoms with E-state index in [9.17, 15) is 41.9 Å². The normalized spacial score (nSPS) is 25.1. The van der Waals surface area contributed by atoms with Gasteiger partial charge in [-0.15, -0.1) is 0 Å². The van der Waals surface area contributed by atoms with E-state index in [-0.39, 0.29) is 10.4 Å². The molecule has 4 atom stereocenters. The van der Waals surface area contributed by atoms with Crippen molar-refractivity contribution in [2.45, 2.75) is 37.6 Å². The van der Waals surface area contributed by atoms with Crippen LogP contribution in [0.2, 0.25) is 0 Å². The quantitative estimate of drug-likeness (QED) is 0.356. The molecule has 1 fully saturated rings. The number of phenolic OH excluding ortho intramolecular Hbond substituents is 1. The number of hydrogen-bond donors (Lipinski definition) is 3. The van der Waals surface area contributed by atoms with Crippen molar-refractivity contribution in [3.05, 3.63) is 58.6 Å². The molecule has 1 aliphatic heterocycles. The van der Waals surface area contributed by atoms with Crippen LogP contribution in [0.4, 0.5) is 27.6 Å². The minimum Gasteiger partial charge on any atom is -0.618 e. The van der Waals surface area contributed by atoms with Crippen LogP contribution in [0.5, 0.6) is 5.75 Å².